The molecule has 1 aliphatic rings. The number of benzene rings is 2. The number of nitrogens with zero attached hydrogens (tertiary/aromatic N) is 2. The van der Waals surface area contributed by atoms with E-state index in [0.717, 1.165) is 36.9 Å². The molecule has 0 aliphatic carbocycles. The molecule has 1 fully saturated rings. The number of aliphatic hydroxyl groups excluding tert-OH is 1. The van der Waals surface area contributed by atoms with Crippen LogP contribution in [0.25, 0.3) is 10.8 Å². The average Bonchev–Trinajstić information content (AvgIpc) is 3.19. The minimum absolute atomic E-state index is 0.129. The summed E-state index contributed by atoms with van der Waals surface area (Å²) >= 11 is 0. The van der Waals surface area contributed by atoms with Gasteiger partial charge in [-0.15, -0.1) is 0 Å². The molecule has 15 heteroatoms. The lowest BCUT2D eigenvalue weighted by molar-refractivity contribution is -0.145. The van der Waals surface area contributed by atoms with Crippen molar-refractivity contribution in [2.24, 2.45) is 0 Å². The summed E-state index contributed by atoms with van der Waals surface area (Å²) in [4.78, 5) is 28.3. The van der Waals surface area contributed by atoms with Gasteiger partial charge in [0.05, 0.1) is 13.2 Å². The van der Waals surface area contributed by atoms with Gasteiger partial charge in [-0.1, -0.05) is 62.6 Å². The summed E-state index contributed by atoms with van der Waals surface area (Å²) in [5.41, 5.74) is 4.32. The maximum Gasteiger partial charge on any atom is 0.459 e. The molecular weight excluding hydrogens is 589 g/mol. The van der Waals surface area contributed by atoms with Crippen LogP contribution in [0.1, 0.15) is 45.8 Å². The maximum absolute atomic E-state index is 15.0. The Hall–Kier alpha value is -3.42. The molecule has 1 aromatic heterocycles. The average molecular weight is 625 g/mol. The zero-order chi connectivity index (χ0) is 31.2. The van der Waals surface area contributed by atoms with E-state index in [4.69, 9.17) is 24.3 Å². The van der Waals surface area contributed by atoms with Crippen LogP contribution in [-0.4, -0.2) is 58.0 Å². The number of nitrogens with one attached hydrogen (secondary N) is 1. The molecule has 2 aromatic carbocycles. The van der Waals surface area contributed by atoms with E-state index in [9.17, 15) is 19.3 Å². The van der Waals surface area contributed by atoms with E-state index in [-0.39, 0.29) is 18.2 Å². The Balaban J connectivity index is 1.53. The zero-order valence-corrected chi connectivity index (χ0v) is 24.6. The van der Waals surface area contributed by atoms with Gasteiger partial charge in [-0.3, -0.25) is 13.9 Å². The van der Waals surface area contributed by atoms with Crippen molar-refractivity contribution in [3.05, 3.63) is 65.2 Å². The number of nitrogen functional groups attached to an aromatic ring is 1. The number of hydrogen-bond donors (Lipinski definition) is 3. The first-order chi connectivity index (χ1) is 20.4. The van der Waals surface area contributed by atoms with Gasteiger partial charge < -0.3 is 24.8 Å². The largest absolute Gasteiger partial charge is 0.465 e. The second-order valence-corrected chi connectivity index (χ2v) is 11.8. The minimum Gasteiger partial charge on any atom is -0.465 e. The van der Waals surface area contributed by atoms with Gasteiger partial charge in [0.1, 0.15) is 23.7 Å². The number of carbonyl (C=O) groups excluding carboxylic acids is 1. The third-order valence-corrected chi connectivity index (χ3v) is 8.44. The fourth-order valence-corrected chi connectivity index (χ4v) is 6.01. The van der Waals surface area contributed by atoms with Crippen LogP contribution in [0.4, 0.5) is 14.6 Å². The number of aromatic nitrogens is 2. The van der Waals surface area contributed by atoms with Crippen LogP contribution in [0, 0.1) is 0 Å². The van der Waals surface area contributed by atoms with Crippen LogP contribution in [0.5, 0.6) is 5.75 Å². The molecule has 1 aliphatic heterocycles. The van der Waals surface area contributed by atoms with Crippen LogP contribution in [-0.2, 0) is 23.4 Å². The van der Waals surface area contributed by atoms with E-state index in [0.29, 0.717) is 16.4 Å². The summed E-state index contributed by atoms with van der Waals surface area (Å²) in [6, 6.07) is 12.0. The number of nitrogens with two attached hydrogens (primary N) is 1. The maximum atomic E-state index is 15.0. The third kappa shape index (κ3) is 7.76. The highest BCUT2D eigenvalue weighted by atomic mass is 31.2. The summed E-state index contributed by atoms with van der Waals surface area (Å²) in [5.74, 6) is -4.74. The smallest absolute Gasteiger partial charge is 0.459 e. The molecule has 2 unspecified atom stereocenters. The van der Waals surface area contributed by atoms with E-state index in [1.54, 1.807) is 36.4 Å². The van der Waals surface area contributed by atoms with Crippen molar-refractivity contribution in [2.75, 3.05) is 18.9 Å². The fourth-order valence-electron chi connectivity index (χ4n) is 4.49. The molecule has 1 saturated heterocycles. The number of alkyl halides is 2. The quantitative estimate of drug-likeness (QED) is 0.134. The van der Waals surface area contributed by atoms with Gasteiger partial charge in [0.2, 0.25) is 6.23 Å². The molecule has 4 N–H and O–H groups in total. The number of unbranched alkanes of at least 4 members (excludes halogenated alkanes) is 3. The van der Waals surface area contributed by atoms with E-state index in [2.05, 4.69) is 17.0 Å². The van der Waals surface area contributed by atoms with Gasteiger partial charge in [0.15, 0.2) is 6.10 Å². The van der Waals surface area contributed by atoms with Crippen molar-refractivity contribution in [2.45, 2.75) is 69.9 Å². The molecule has 12 nitrogen and oxygen atoms in total. The van der Waals surface area contributed by atoms with Gasteiger partial charge >= 0.3 is 25.3 Å². The van der Waals surface area contributed by atoms with E-state index in [1.807, 2.05) is 0 Å². The minimum atomic E-state index is -4.52. The number of anilines is 1. The SMILES string of the molecule is CCCCCCOC(=O)[C@H](C)NP(=O)(OC[C@H]1O[C@@H](n2ccc(N)nc2=O)C(F)(F)C1O)Oc1cccc2ccccc12. The van der Waals surface area contributed by atoms with Gasteiger partial charge in [-0.2, -0.15) is 18.9 Å². The van der Waals surface area contributed by atoms with E-state index >= 15 is 8.78 Å². The Labute approximate surface area is 246 Å². The normalized spacial score (nSPS) is 21.7. The van der Waals surface area contributed by atoms with E-state index < -0.39 is 56.4 Å². The first kappa shape index (κ1) is 32.5. The molecule has 0 saturated carbocycles. The van der Waals surface area contributed by atoms with Crippen molar-refractivity contribution in [1.29, 1.82) is 0 Å². The molecule has 0 radical (unpaired) electrons. The molecule has 0 spiro atoms. The molecule has 5 atom stereocenters. The number of carbonyl (C=O) groups is 1. The lowest BCUT2D eigenvalue weighted by Crippen LogP contribution is -2.42. The molecule has 3 aromatic rings. The number of fused-ring (bicyclic) bond motifs is 1. The highest BCUT2D eigenvalue weighted by Crippen LogP contribution is 2.49. The van der Waals surface area contributed by atoms with Crippen molar-refractivity contribution in [3.8, 4) is 5.75 Å². The molecule has 0 bridgehead atoms. The molecular formula is C28H35F2N4O8P. The summed E-state index contributed by atoms with van der Waals surface area (Å²) in [6.45, 7) is 2.75. The lowest BCUT2D eigenvalue weighted by Gasteiger charge is -2.25. The Morgan fingerprint density at radius 1 is 1.21 bits per heavy atom. The number of hydrogen-bond acceptors (Lipinski definition) is 10. The molecule has 43 heavy (non-hydrogen) atoms. The predicted octanol–water partition coefficient (Wildman–Crippen LogP) is 4.18. The van der Waals surface area contributed by atoms with Crippen LogP contribution < -0.4 is 21.0 Å². The van der Waals surface area contributed by atoms with Gasteiger partial charge in [0, 0.05) is 11.6 Å². The summed E-state index contributed by atoms with van der Waals surface area (Å²) in [7, 11) is -4.52. The number of rotatable bonds is 14. The van der Waals surface area contributed by atoms with Crippen LogP contribution in [0.3, 0.4) is 0 Å². The van der Waals surface area contributed by atoms with Crippen molar-refractivity contribution in [3.63, 3.8) is 0 Å². The van der Waals surface area contributed by atoms with E-state index in [1.165, 1.54) is 13.0 Å². The monoisotopic (exact) mass is 624 g/mol. The standard InChI is InChI=1S/C28H35F2N4O8P/c1-3-4-5-8-16-39-25(36)18(2)33-43(38,42-21-13-9-11-19-10-6-7-12-20(19)21)40-17-22-24(35)28(29,30)26(41-22)34-15-14-23(31)32-27(34)37/h6-7,9-15,18,22,24,26,35H,3-5,8,16-17H2,1-2H3,(H,33,38)(H2,31,32,37)/t18-,22+,24?,26+,43?/m0/s1. The molecule has 234 valence electrons. The molecule has 0 amide bonds. The van der Waals surface area contributed by atoms with Crippen molar-refractivity contribution in [1.82, 2.24) is 14.6 Å². The summed E-state index contributed by atoms with van der Waals surface area (Å²) in [6.07, 6.45) is -1.95. The van der Waals surface area contributed by atoms with Crippen LogP contribution in [0.15, 0.2) is 59.5 Å². The topological polar surface area (TPSA) is 164 Å². The first-order valence-corrected chi connectivity index (χ1v) is 15.4. The summed E-state index contributed by atoms with van der Waals surface area (Å²) in [5, 5.41) is 14.2. The number of aliphatic hydroxyl groups is 1. The third-order valence-electron chi connectivity index (χ3n) is 6.81. The highest BCUT2D eigenvalue weighted by Gasteiger charge is 2.60. The van der Waals surface area contributed by atoms with Gasteiger partial charge in [-0.25, -0.2) is 9.36 Å². The van der Waals surface area contributed by atoms with Crippen LogP contribution in [0.2, 0.25) is 0 Å². The number of ether oxygens (including phenoxy) is 2. The Bertz CT molecular complexity index is 1520. The van der Waals surface area contributed by atoms with Gasteiger partial charge in [0.25, 0.3) is 0 Å². The second kappa shape index (κ2) is 13.9. The van der Waals surface area contributed by atoms with Crippen molar-refractivity contribution < 1.29 is 41.8 Å². The first-order valence-electron chi connectivity index (χ1n) is 13.9. The zero-order valence-electron chi connectivity index (χ0n) is 23.7. The Morgan fingerprint density at radius 2 is 1.95 bits per heavy atom. The molecule has 2 heterocycles. The molecule has 4 rings (SSSR count). The number of esters is 1. The highest BCUT2D eigenvalue weighted by molar-refractivity contribution is 7.52. The van der Waals surface area contributed by atoms with Crippen LogP contribution >= 0.6 is 7.75 Å². The Kier molecular flexibility index (Phi) is 10.5. The van der Waals surface area contributed by atoms with Crippen molar-refractivity contribution >= 4 is 30.3 Å². The fraction of sp³-hybridized carbons (Fsp3) is 0.464. The Morgan fingerprint density at radius 3 is 2.70 bits per heavy atom. The lowest BCUT2D eigenvalue weighted by atomic mass is 10.1. The predicted molar refractivity (Wildman–Crippen MR) is 154 cm³/mol. The summed E-state index contributed by atoms with van der Waals surface area (Å²) < 4.78 is 66.5. The van der Waals surface area contributed by atoms with Gasteiger partial charge in [-0.05, 0) is 30.9 Å². The number of halogens is 2. The second-order valence-electron chi connectivity index (χ2n) is 10.1.